The molecule has 0 radical (unpaired) electrons. The van der Waals surface area contributed by atoms with Crippen molar-refractivity contribution in [2.75, 3.05) is 26.3 Å². The average molecular weight is 317 g/mol. The molecule has 0 spiro atoms. The van der Waals surface area contributed by atoms with E-state index in [2.05, 4.69) is 6.92 Å². The zero-order valence-electron chi connectivity index (χ0n) is 13.7. The van der Waals surface area contributed by atoms with E-state index >= 15 is 0 Å². The van der Waals surface area contributed by atoms with Gasteiger partial charge in [0, 0.05) is 19.0 Å². The van der Waals surface area contributed by atoms with Crippen molar-refractivity contribution in [2.24, 2.45) is 5.92 Å². The van der Waals surface area contributed by atoms with E-state index in [4.69, 9.17) is 15.3 Å². The molecule has 3 N–H and O–H groups in total. The molecule has 22 heavy (non-hydrogen) atoms. The highest BCUT2D eigenvalue weighted by atomic mass is 16.4. The maximum atomic E-state index is 12.4. The Bertz CT molecular complexity index is 303. The normalized spacial score (nSPS) is 12.1. The molecule has 0 saturated heterocycles. The van der Waals surface area contributed by atoms with Crippen molar-refractivity contribution in [3.63, 3.8) is 0 Å². The third-order valence-electron chi connectivity index (χ3n) is 3.73. The number of aliphatic carboxylic acids is 1. The van der Waals surface area contributed by atoms with Gasteiger partial charge in [-0.3, -0.25) is 9.59 Å². The standard InChI is InChI=1S/C16H31NO5/c1-2-3-4-5-6-7-8-14(13-15(20)21)16(22)17(9-11-18)10-12-19/h14,18-19H,2-13H2,1H3,(H,20,21). The predicted octanol–water partition coefficient (Wildman–Crippen LogP) is 1.64. The van der Waals surface area contributed by atoms with Crippen LogP contribution >= 0.6 is 0 Å². The molecule has 0 aromatic carbocycles. The maximum absolute atomic E-state index is 12.4. The molecule has 1 amide bonds. The van der Waals surface area contributed by atoms with Crippen molar-refractivity contribution < 1.29 is 24.9 Å². The first-order chi connectivity index (χ1) is 10.6. The summed E-state index contributed by atoms with van der Waals surface area (Å²) in [5.41, 5.74) is 0. The van der Waals surface area contributed by atoms with Gasteiger partial charge in [0.05, 0.1) is 19.6 Å². The first-order valence-electron chi connectivity index (χ1n) is 8.29. The van der Waals surface area contributed by atoms with Crippen molar-refractivity contribution in [1.82, 2.24) is 4.90 Å². The zero-order valence-corrected chi connectivity index (χ0v) is 13.7. The Hall–Kier alpha value is -1.14. The molecule has 130 valence electrons. The Labute approximate surface area is 133 Å². The molecule has 0 saturated carbocycles. The average Bonchev–Trinajstić information content (AvgIpc) is 2.48. The van der Waals surface area contributed by atoms with Crippen LogP contribution in [0.5, 0.6) is 0 Å². The third-order valence-corrected chi connectivity index (χ3v) is 3.73. The summed E-state index contributed by atoms with van der Waals surface area (Å²) in [6.07, 6.45) is 6.86. The van der Waals surface area contributed by atoms with Gasteiger partial charge in [0.1, 0.15) is 0 Å². The molecular formula is C16H31NO5. The summed E-state index contributed by atoms with van der Waals surface area (Å²) >= 11 is 0. The lowest BCUT2D eigenvalue weighted by Crippen LogP contribution is -2.40. The second kappa shape index (κ2) is 13.5. The molecule has 6 nitrogen and oxygen atoms in total. The van der Waals surface area contributed by atoms with Gasteiger partial charge in [-0.2, -0.15) is 0 Å². The monoisotopic (exact) mass is 317 g/mol. The van der Waals surface area contributed by atoms with Gasteiger partial charge in [-0.1, -0.05) is 45.4 Å². The fraction of sp³-hybridized carbons (Fsp3) is 0.875. The number of aliphatic hydroxyl groups is 2. The first-order valence-corrected chi connectivity index (χ1v) is 8.29. The fourth-order valence-electron chi connectivity index (χ4n) is 2.53. The third kappa shape index (κ3) is 9.73. The van der Waals surface area contributed by atoms with Crippen LogP contribution in [0, 0.1) is 5.92 Å². The number of carbonyl (C=O) groups is 2. The topological polar surface area (TPSA) is 98.1 Å². The predicted molar refractivity (Wildman–Crippen MR) is 84.5 cm³/mol. The summed E-state index contributed by atoms with van der Waals surface area (Å²) in [6, 6.07) is 0. The molecule has 0 bridgehead atoms. The maximum Gasteiger partial charge on any atom is 0.304 e. The molecule has 6 heteroatoms. The summed E-state index contributed by atoms with van der Waals surface area (Å²) in [4.78, 5) is 24.7. The van der Waals surface area contributed by atoms with Crippen LogP contribution in [-0.4, -0.2) is 58.4 Å². The highest BCUT2D eigenvalue weighted by molar-refractivity contribution is 5.83. The van der Waals surface area contributed by atoms with E-state index in [9.17, 15) is 9.59 Å². The summed E-state index contributed by atoms with van der Waals surface area (Å²) in [6.45, 7) is 2.03. The van der Waals surface area contributed by atoms with Crippen LogP contribution < -0.4 is 0 Å². The van der Waals surface area contributed by atoms with Crippen LogP contribution in [0.3, 0.4) is 0 Å². The number of aliphatic hydroxyl groups excluding tert-OH is 2. The van der Waals surface area contributed by atoms with Crippen LogP contribution in [0.15, 0.2) is 0 Å². The SMILES string of the molecule is CCCCCCCCC(CC(=O)O)C(=O)N(CCO)CCO. The van der Waals surface area contributed by atoms with Crippen LogP contribution in [0.2, 0.25) is 0 Å². The second-order valence-electron chi connectivity index (χ2n) is 5.62. The Balaban J connectivity index is 4.40. The van der Waals surface area contributed by atoms with Crippen molar-refractivity contribution in [1.29, 1.82) is 0 Å². The fourth-order valence-corrected chi connectivity index (χ4v) is 2.53. The molecule has 0 rings (SSSR count). The van der Waals surface area contributed by atoms with Crippen molar-refractivity contribution >= 4 is 11.9 Å². The Morgan fingerprint density at radius 1 is 0.955 bits per heavy atom. The number of hydrogen-bond donors (Lipinski definition) is 3. The minimum Gasteiger partial charge on any atom is -0.481 e. The van der Waals surface area contributed by atoms with Crippen molar-refractivity contribution in [3.8, 4) is 0 Å². The van der Waals surface area contributed by atoms with Gasteiger partial charge in [-0.25, -0.2) is 0 Å². The van der Waals surface area contributed by atoms with Crippen LogP contribution in [0.1, 0.15) is 58.3 Å². The number of hydrogen-bond acceptors (Lipinski definition) is 4. The van der Waals surface area contributed by atoms with Crippen molar-refractivity contribution in [2.45, 2.75) is 58.3 Å². The van der Waals surface area contributed by atoms with Gasteiger partial charge in [-0.15, -0.1) is 0 Å². The van der Waals surface area contributed by atoms with Gasteiger partial charge in [0.2, 0.25) is 5.91 Å². The number of amides is 1. The lowest BCUT2D eigenvalue weighted by atomic mass is 9.95. The van der Waals surface area contributed by atoms with Gasteiger partial charge in [0.25, 0.3) is 0 Å². The number of nitrogens with zero attached hydrogens (tertiary/aromatic N) is 1. The number of carbonyl (C=O) groups excluding carboxylic acids is 1. The molecule has 0 aliphatic heterocycles. The van der Waals surface area contributed by atoms with Crippen molar-refractivity contribution in [3.05, 3.63) is 0 Å². The van der Waals surface area contributed by atoms with E-state index in [1.807, 2.05) is 0 Å². The van der Waals surface area contributed by atoms with E-state index in [1.54, 1.807) is 0 Å². The molecule has 1 unspecified atom stereocenters. The minimum atomic E-state index is -0.989. The van der Waals surface area contributed by atoms with Crippen LogP contribution in [-0.2, 0) is 9.59 Å². The Morgan fingerprint density at radius 2 is 1.50 bits per heavy atom. The highest BCUT2D eigenvalue weighted by Gasteiger charge is 2.25. The minimum absolute atomic E-state index is 0.131. The van der Waals surface area contributed by atoms with Gasteiger partial charge in [-0.05, 0) is 6.42 Å². The molecular weight excluding hydrogens is 286 g/mol. The van der Waals surface area contributed by atoms with Crippen LogP contribution in [0.25, 0.3) is 0 Å². The first kappa shape index (κ1) is 20.9. The quantitative estimate of drug-likeness (QED) is 0.423. The van der Waals surface area contributed by atoms with Gasteiger partial charge >= 0.3 is 5.97 Å². The summed E-state index contributed by atoms with van der Waals surface area (Å²) in [7, 11) is 0. The van der Waals surface area contributed by atoms with Crippen LogP contribution in [0.4, 0.5) is 0 Å². The highest BCUT2D eigenvalue weighted by Crippen LogP contribution is 2.18. The molecule has 0 aromatic heterocycles. The van der Waals surface area contributed by atoms with E-state index in [0.29, 0.717) is 6.42 Å². The Kier molecular flexibility index (Phi) is 12.8. The molecule has 0 fully saturated rings. The van der Waals surface area contributed by atoms with E-state index in [-0.39, 0.29) is 38.6 Å². The van der Waals surface area contributed by atoms with E-state index in [0.717, 1.165) is 19.3 Å². The van der Waals surface area contributed by atoms with Gasteiger partial charge in [0.15, 0.2) is 0 Å². The summed E-state index contributed by atoms with van der Waals surface area (Å²) < 4.78 is 0. The second-order valence-corrected chi connectivity index (χ2v) is 5.62. The molecule has 1 atom stereocenters. The van der Waals surface area contributed by atoms with Gasteiger partial charge < -0.3 is 20.2 Å². The number of rotatable bonds is 14. The molecule has 0 aliphatic rings. The molecule has 0 aromatic rings. The summed E-state index contributed by atoms with van der Waals surface area (Å²) in [5.74, 6) is -1.84. The lowest BCUT2D eigenvalue weighted by molar-refractivity contribution is -0.145. The number of carboxylic acid groups (broad SMARTS) is 1. The molecule has 0 aliphatic carbocycles. The number of unbranched alkanes of at least 4 members (excludes halogenated alkanes) is 5. The number of carboxylic acids is 1. The largest absolute Gasteiger partial charge is 0.481 e. The smallest absolute Gasteiger partial charge is 0.304 e. The Morgan fingerprint density at radius 3 is 2.00 bits per heavy atom. The van der Waals surface area contributed by atoms with E-state index in [1.165, 1.54) is 24.2 Å². The van der Waals surface area contributed by atoms with E-state index < -0.39 is 11.9 Å². The zero-order chi connectivity index (χ0) is 16.8. The lowest BCUT2D eigenvalue weighted by Gasteiger charge is -2.25. The molecule has 0 heterocycles. The summed E-state index contributed by atoms with van der Waals surface area (Å²) in [5, 5.41) is 26.9.